The zero-order valence-electron chi connectivity index (χ0n) is 19.8. The van der Waals surface area contributed by atoms with E-state index in [0.29, 0.717) is 12.2 Å². The molecule has 0 aliphatic heterocycles. The van der Waals surface area contributed by atoms with E-state index in [0.717, 1.165) is 52.9 Å². The molecule has 1 aromatic heterocycles. The molecule has 170 valence electrons. The molecule has 1 fully saturated rings. The number of carbonyl (C=O) groups is 2. The number of aliphatic imine (C=N–C) groups is 1. The highest BCUT2D eigenvalue weighted by atomic mass is 16.1. The fourth-order valence-corrected chi connectivity index (χ4v) is 5.76. The number of carbonyl (C=O) groups excluding carboxylic acids is 2. The van der Waals surface area contributed by atoms with Crippen LogP contribution in [-0.2, 0) is 21.4 Å². The summed E-state index contributed by atoms with van der Waals surface area (Å²) in [4.78, 5) is 38.8. The van der Waals surface area contributed by atoms with Crippen molar-refractivity contribution in [2.75, 3.05) is 0 Å². The molecule has 1 saturated carbocycles. The van der Waals surface area contributed by atoms with Gasteiger partial charge in [0.05, 0.1) is 17.3 Å². The molecule has 4 rings (SSSR count). The third kappa shape index (κ3) is 3.90. The Hall–Kier alpha value is -3.21. The van der Waals surface area contributed by atoms with Crippen molar-refractivity contribution in [1.82, 2.24) is 9.97 Å². The topological polar surface area (TPSA) is 72.3 Å². The lowest BCUT2D eigenvalue weighted by molar-refractivity contribution is -0.137. The van der Waals surface area contributed by atoms with Gasteiger partial charge in [-0.2, -0.15) is 0 Å². The van der Waals surface area contributed by atoms with Crippen LogP contribution in [0.3, 0.4) is 0 Å². The minimum atomic E-state index is -0.584. The summed E-state index contributed by atoms with van der Waals surface area (Å²) in [6, 6.07) is 10.2. The van der Waals surface area contributed by atoms with Gasteiger partial charge in [0.25, 0.3) is 0 Å². The van der Waals surface area contributed by atoms with E-state index in [9.17, 15) is 9.59 Å². The van der Waals surface area contributed by atoms with Crippen molar-refractivity contribution < 1.29 is 9.59 Å². The van der Waals surface area contributed by atoms with Crippen LogP contribution in [0, 0.1) is 17.8 Å². The third-order valence-electron chi connectivity index (χ3n) is 7.53. The largest absolute Gasteiger partial charge is 0.303 e. The van der Waals surface area contributed by atoms with Gasteiger partial charge >= 0.3 is 0 Å². The van der Waals surface area contributed by atoms with E-state index in [1.807, 2.05) is 51.1 Å². The number of allylic oxidation sites excluding steroid dienone is 4. The molecule has 0 spiro atoms. The van der Waals surface area contributed by atoms with Gasteiger partial charge in [0.2, 0.25) is 0 Å². The molecule has 1 heterocycles. The quantitative estimate of drug-likeness (QED) is 0.270. The maximum absolute atomic E-state index is 12.8. The molecule has 5 heteroatoms. The van der Waals surface area contributed by atoms with Gasteiger partial charge in [0.1, 0.15) is 12.1 Å². The summed E-state index contributed by atoms with van der Waals surface area (Å²) in [6.07, 6.45) is 6.95. The molecule has 1 unspecified atom stereocenters. The fourth-order valence-electron chi connectivity index (χ4n) is 5.76. The normalized spacial score (nSPS) is 27.5. The standard InChI is InChI=1S/C28H31N3O2/c1-6-19(14-17(2)29-5)27-30-24(20-10-8-7-9-11-20)22-12-13-23-18(3)25(33)21(16-32)15-28(23,4)26(22)31-27/h6-11,14,16,18,21,23H,5,12-13,15H2,1-4H3/b17-14-,19-6+/t18-,21?,23-,28-/m1/s1. The summed E-state index contributed by atoms with van der Waals surface area (Å²) in [5.74, 6) is 0.102. The number of aldehydes is 1. The SMILES string of the molecule is C=N/C(C)=C\C(=C/C)c1nc(-c2ccccc2)c2c(n1)[C@]1(C)CC(C=O)C(=O)[C@H](C)[C@H]1CC2. The van der Waals surface area contributed by atoms with Crippen LogP contribution in [0.2, 0.25) is 0 Å². The average molecular weight is 442 g/mol. The maximum atomic E-state index is 12.8. The molecule has 33 heavy (non-hydrogen) atoms. The molecule has 0 amide bonds. The van der Waals surface area contributed by atoms with Gasteiger partial charge in [-0.05, 0) is 51.8 Å². The summed E-state index contributed by atoms with van der Waals surface area (Å²) in [5, 5.41) is 0. The molecular weight excluding hydrogens is 410 g/mol. The van der Waals surface area contributed by atoms with E-state index in [4.69, 9.17) is 9.97 Å². The smallest absolute Gasteiger partial charge is 0.159 e. The number of Topliss-reactive ketones (excluding diaryl/α,β-unsaturated/α-hetero) is 1. The summed E-state index contributed by atoms with van der Waals surface area (Å²) < 4.78 is 0. The maximum Gasteiger partial charge on any atom is 0.159 e. The molecule has 5 nitrogen and oxygen atoms in total. The Morgan fingerprint density at radius 1 is 1.24 bits per heavy atom. The third-order valence-corrected chi connectivity index (χ3v) is 7.53. The monoisotopic (exact) mass is 441 g/mol. The van der Waals surface area contributed by atoms with Crippen molar-refractivity contribution in [2.45, 2.75) is 52.4 Å². The molecule has 0 saturated heterocycles. The summed E-state index contributed by atoms with van der Waals surface area (Å²) in [6.45, 7) is 11.6. The van der Waals surface area contributed by atoms with Crippen LogP contribution in [0.15, 0.2) is 53.2 Å². The van der Waals surface area contributed by atoms with Crippen LogP contribution >= 0.6 is 0 Å². The molecule has 2 aliphatic carbocycles. The highest BCUT2D eigenvalue weighted by Crippen LogP contribution is 2.53. The number of aromatic nitrogens is 2. The number of benzene rings is 1. The molecule has 4 atom stereocenters. The molecule has 0 bridgehead atoms. The van der Waals surface area contributed by atoms with Gasteiger partial charge in [-0.3, -0.25) is 9.79 Å². The molecule has 2 aliphatic rings. The van der Waals surface area contributed by atoms with Crippen LogP contribution in [-0.4, -0.2) is 28.8 Å². The van der Waals surface area contributed by atoms with Crippen LogP contribution in [0.25, 0.3) is 16.8 Å². The Morgan fingerprint density at radius 3 is 2.61 bits per heavy atom. The second kappa shape index (κ2) is 8.97. The Kier molecular flexibility index (Phi) is 6.24. The molecule has 0 N–H and O–H groups in total. The van der Waals surface area contributed by atoms with Crippen LogP contribution in [0.4, 0.5) is 0 Å². The van der Waals surface area contributed by atoms with Gasteiger partial charge in [0, 0.05) is 33.7 Å². The minimum absolute atomic E-state index is 0.0678. The Bertz CT molecular complexity index is 1170. The Labute approximate surface area is 195 Å². The van der Waals surface area contributed by atoms with Crippen molar-refractivity contribution in [1.29, 1.82) is 0 Å². The predicted octanol–water partition coefficient (Wildman–Crippen LogP) is 5.40. The number of hydrogen-bond acceptors (Lipinski definition) is 5. The first-order valence-corrected chi connectivity index (χ1v) is 11.6. The van der Waals surface area contributed by atoms with Gasteiger partial charge in [0.15, 0.2) is 5.82 Å². The van der Waals surface area contributed by atoms with Crippen molar-refractivity contribution >= 4 is 24.4 Å². The van der Waals surface area contributed by atoms with Crippen LogP contribution in [0.1, 0.15) is 57.6 Å². The van der Waals surface area contributed by atoms with Gasteiger partial charge in [-0.15, -0.1) is 0 Å². The van der Waals surface area contributed by atoms with Crippen molar-refractivity contribution in [2.24, 2.45) is 22.7 Å². The number of hydrogen-bond donors (Lipinski definition) is 0. The van der Waals surface area contributed by atoms with Crippen molar-refractivity contribution in [3.63, 3.8) is 0 Å². The van der Waals surface area contributed by atoms with Gasteiger partial charge in [-0.25, -0.2) is 9.97 Å². The first-order chi connectivity index (χ1) is 15.8. The van der Waals surface area contributed by atoms with E-state index in [1.54, 1.807) is 0 Å². The minimum Gasteiger partial charge on any atom is -0.303 e. The highest BCUT2D eigenvalue weighted by Gasteiger charge is 2.53. The number of nitrogens with zero attached hydrogens (tertiary/aromatic N) is 3. The lowest BCUT2D eigenvalue weighted by atomic mass is 9.54. The molecule has 1 aromatic carbocycles. The Morgan fingerprint density at radius 2 is 1.97 bits per heavy atom. The lowest BCUT2D eigenvalue weighted by Gasteiger charge is -2.49. The summed E-state index contributed by atoms with van der Waals surface area (Å²) in [7, 11) is 0. The zero-order chi connectivity index (χ0) is 23.8. The van der Waals surface area contributed by atoms with Gasteiger partial charge in [-0.1, -0.05) is 50.3 Å². The fraction of sp³-hybridized carbons (Fsp3) is 0.393. The van der Waals surface area contributed by atoms with Crippen molar-refractivity contribution in [3.05, 3.63) is 65.3 Å². The van der Waals surface area contributed by atoms with E-state index >= 15 is 0 Å². The lowest BCUT2D eigenvalue weighted by Crippen LogP contribution is -2.51. The average Bonchev–Trinajstić information content (AvgIpc) is 2.84. The van der Waals surface area contributed by atoms with Crippen molar-refractivity contribution in [3.8, 4) is 11.3 Å². The van der Waals surface area contributed by atoms with Crippen LogP contribution < -0.4 is 0 Å². The van der Waals surface area contributed by atoms with E-state index < -0.39 is 5.92 Å². The second-order valence-corrected chi connectivity index (χ2v) is 9.48. The first-order valence-electron chi connectivity index (χ1n) is 11.6. The summed E-state index contributed by atoms with van der Waals surface area (Å²) >= 11 is 0. The molecule has 2 aromatic rings. The zero-order valence-corrected chi connectivity index (χ0v) is 19.8. The number of fused-ring (bicyclic) bond motifs is 3. The van der Waals surface area contributed by atoms with E-state index in [-0.39, 0.29) is 23.0 Å². The Balaban J connectivity index is 1.98. The highest BCUT2D eigenvalue weighted by molar-refractivity contribution is 5.96. The second-order valence-electron chi connectivity index (χ2n) is 9.48. The summed E-state index contributed by atoms with van der Waals surface area (Å²) in [5.41, 5.74) is 5.37. The van der Waals surface area contributed by atoms with E-state index in [1.165, 1.54) is 0 Å². The number of ketones is 1. The first kappa shape index (κ1) is 23.0. The van der Waals surface area contributed by atoms with Crippen LogP contribution in [0.5, 0.6) is 0 Å². The molecule has 0 radical (unpaired) electrons. The van der Waals surface area contributed by atoms with E-state index in [2.05, 4.69) is 30.8 Å². The molecular formula is C28H31N3O2. The number of rotatable bonds is 5. The predicted molar refractivity (Wildman–Crippen MR) is 132 cm³/mol. The van der Waals surface area contributed by atoms with Gasteiger partial charge < -0.3 is 4.79 Å².